The van der Waals surface area contributed by atoms with Crippen LogP contribution in [0, 0.1) is 0 Å². The van der Waals surface area contributed by atoms with Gasteiger partial charge in [0.2, 0.25) is 0 Å². The molecule has 98 valence electrons. The molecule has 16 heavy (non-hydrogen) atoms. The van der Waals surface area contributed by atoms with Crippen molar-refractivity contribution in [1.82, 2.24) is 4.90 Å². The third-order valence-electron chi connectivity index (χ3n) is 2.08. The second-order valence-corrected chi connectivity index (χ2v) is 5.75. The lowest BCUT2D eigenvalue weighted by Crippen LogP contribution is -2.41. The van der Waals surface area contributed by atoms with Crippen molar-refractivity contribution in [2.75, 3.05) is 19.5 Å². The van der Waals surface area contributed by atoms with Crippen molar-refractivity contribution in [3.8, 4) is 0 Å². The highest BCUT2D eigenvalue weighted by molar-refractivity contribution is 7.53. The van der Waals surface area contributed by atoms with Crippen molar-refractivity contribution in [1.29, 1.82) is 0 Å². The first-order valence-corrected chi connectivity index (χ1v) is 7.09. The Morgan fingerprint density at radius 1 is 1.19 bits per heavy atom. The number of hydrogen-bond acceptors (Lipinski definition) is 6. The van der Waals surface area contributed by atoms with Crippen molar-refractivity contribution in [2.45, 2.75) is 40.2 Å². The molecule has 0 amide bonds. The highest BCUT2D eigenvalue weighted by Crippen LogP contribution is 2.47. The molecule has 0 rings (SSSR count). The quantitative estimate of drug-likeness (QED) is 0.501. The van der Waals surface area contributed by atoms with Gasteiger partial charge in [0.1, 0.15) is 19.2 Å². The van der Waals surface area contributed by atoms with Gasteiger partial charge in [-0.05, 0) is 20.8 Å². The molecule has 0 aliphatic heterocycles. The summed E-state index contributed by atoms with van der Waals surface area (Å²) >= 11 is 0. The molecule has 7 heteroatoms. The first-order valence-electron chi connectivity index (χ1n) is 5.36. The van der Waals surface area contributed by atoms with Gasteiger partial charge in [-0.3, -0.25) is 9.09 Å². The number of nitrogens with zero attached hydrogens (tertiary/aromatic N) is 1. The monoisotopic (exact) mass is 255 g/mol. The zero-order chi connectivity index (χ0) is 12.8. The molecule has 0 aliphatic rings. The molecule has 0 bridgehead atoms. The number of aliphatic hydroxyl groups is 2. The van der Waals surface area contributed by atoms with E-state index in [1.807, 2.05) is 0 Å². The fourth-order valence-electron chi connectivity index (χ4n) is 1.10. The van der Waals surface area contributed by atoms with Gasteiger partial charge in [0, 0.05) is 6.16 Å². The van der Waals surface area contributed by atoms with Gasteiger partial charge in [0.25, 0.3) is 0 Å². The van der Waals surface area contributed by atoms with Gasteiger partial charge in [0.15, 0.2) is 0 Å². The van der Waals surface area contributed by atoms with Crippen LogP contribution in [0.1, 0.15) is 27.7 Å². The summed E-state index contributed by atoms with van der Waals surface area (Å²) in [6.45, 7) is 6.58. The molecule has 0 heterocycles. The normalized spacial score (nSPS) is 19.4. The van der Waals surface area contributed by atoms with Crippen LogP contribution in [0.15, 0.2) is 0 Å². The fraction of sp³-hybridized carbons (Fsp3) is 1.00. The van der Waals surface area contributed by atoms with E-state index < -0.39 is 20.1 Å². The lowest BCUT2D eigenvalue weighted by Gasteiger charge is -2.29. The van der Waals surface area contributed by atoms with Crippen molar-refractivity contribution < 1.29 is 23.8 Å². The van der Waals surface area contributed by atoms with Gasteiger partial charge in [0.05, 0.1) is 6.61 Å². The van der Waals surface area contributed by atoms with Gasteiger partial charge in [-0.15, -0.1) is 0 Å². The molecule has 0 aromatic heterocycles. The molecule has 0 saturated heterocycles. The van der Waals surface area contributed by atoms with E-state index in [-0.39, 0.29) is 12.9 Å². The summed E-state index contributed by atoms with van der Waals surface area (Å²) in [6.07, 6.45) is -1.51. The molecule has 2 N–H and O–H groups in total. The van der Waals surface area contributed by atoms with Crippen molar-refractivity contribution in [2.24, 2.45) is 0 Å². The Morgan fingerprint density at radius 3 is 2.00 bits per heavy atom. The summed E-state index contributed by atoms with van der Waals surface area (Å²) < 4.78 is 22.1. The van der Waals surface area contributed by atoms with Crippen LogP contribution in [0.2, 0.25) is 0 Å². The maximum Gasteiger partial charge on any atom is 0.331 e. The lowest BCUT2D eigenvalue weighted by molar-refractivity contribution is -0.117. The predicted octanol–water partition coefficient (Wildman–Crippen LogP) is 1.19. The number of rotatable bonds is 8. The molecule has 3 unspecified atom stereocenters. The first-order chi connectivity index (χ1) is 7.36. The minimum Gasteiger partial charge on any atom is -0.379 e. The van der Waals surface area contributed by atoms with E-state index in [1.54, 1.807) is 13.8 Å². The van der Waals surface area contributed by atoms with Crippen LogP contribution in [0.3, 0.4) is 0 Å². The van der Waals surface area contributed by atoms with Gasteiger partial charge in [-0.1, -0.05) is 6.92 Å². The van der Waals surface area contributed by atoms with E-state index in [0.717, 1.165) is 0 Å². The zero-order valence-electron chi connectivity index (χ0n) is 10.3. The first kappa shape index (κ1) is 16.0. The second-order valence-electron chi connectivity index (χ2n) is 3.38. The molecular weight excluding hydrogens is 233 g/mol. The van der Waals surface area contributed by atoms with E-state index in [9.17, 15) is 14.8 Å². The average Bonchev–Trinajstić information content (AvgIpc) is 2.17. The maximum absolute atomic E-state index is 11.9. The topological polar surface area (TPSA) is 79.2 Å². The molecule has 6 nitrogen and oxygen atoms in total. The third-order valence-corrected chi connectivity index (χ3v) is 4.01. The molecule has 0 aromatic rings. The van der Waals surface area contributed by atoms with Gasteiger partial charge < -0.3 is 14.7 Å². The van der Waals surface area contributed by atoms with Crippen LogP contribution in [0.5, 0.6) is 0 Å². The number of aliphatic hydroxyl groups excluding tert-OH is 2. The summed E-state index contributed by atoms with van der Waals surface area (Å²) in [7, 11) is -3.10. The standard InChI is InChI=1S/C9H22NO5P/c1-5-14-16(13,6-2)15-7-10(8(3)11)9(4)12/h8-9,11-12H,5-7H2,1-4H3. The van der Waals surface area contributed by atoms with Crippen LogP contribution >= 0.6 is 7.60 Å². The van der Waals surface area contributed by atoms with E-state index in [4.69, 9.17) is 9.05 Å². The Morgan fingerprint density at radius 2 is 1.69 bits per heavy atom. The highest BCUT2D eigenvalue weighted by Gasteiger charge is 2.25. The van der Waals surface area contributed by atoms with Gasteiger partial charge in [-0.2, -0.15) is 0 Å². The molecule has 0 aliphatic carbocycles. The minimum atomic E-state index is -3.10. The van der Waals surface area contributed by atoms with Crippen LogP contribution in [-0.4, -0.2) is 47.1 Å². The molecule has 0 spiro atoms. The molecular formula is C9H22NO5P. The summed E-state index contributed by atoms with van der Waals surface area (Å²) in [5.74, 6) is 0. The average molecular weight is 255 g/mol. The smallest absolute Gasteiger partial charge is 0.331 e. The SMILES string of the molecule is CCOP(=O)(CC)OCN(C(C)O)C(C)O. The summed E-state index contributed by atoms with van der Waals surface area (Å²) in [5, 5.41) is 18.7. The van der Waals surface area contributed by atoms with E-state index >= 15 is 0 Å². The Balaban J connectivity index is 4.33. The largest absolute Gasteiger partial charge is 0.379 e. The summed E-state index contributed by atoms with van der Waals surface area (Å²) in [5.41, 5.74) is 0. The Kier molecular flexibility index (Phi) is 7.39. The van der Waals surface area contributed by atoms with E-state index in [2.05, 4.69) is 0 Å². The minimum absolute atomic E-state index is 0.138. The van der Waals surface area contributed by atoms with Crippen molar-refractivity contribution >= 4 is 7.60 Å². The van der Waals surface area contributed by atoms with Gasteiger partial charge >= 0.3 is 7.60 Å². The molecule has 0 aromatic carbocycles. The van der Waals surface area contributed by atoms with Gasteiger partial charge in [-0.25, -0.2) is 4.90 Å². The number of hydrogen-bond donors (Lipinski definition) is 2. The van der Waals surface area contributed by atoms with E-state index in [1.165, 1.54) is 18.7 Å². The fourth-order valence-corrected chi connectivity index (χ4v) is 2.24. The van der Waals surface area contributed by atoms with Crippen LogP contribution in [0.25, 0.3) is 0 Å². The summed E-state index contributed by atoms with van der Waals surface area (Å²) in [6, 6.07) is 0. The Bertz CT molecular complexity index is 226. The maximum atomic E-state index is 11.9. The Hall–Kier alpha value is 0.0300. The zero-order valence-corrected chi connectivity index (χ0v) is 11.2. The third kappa shape index (κ3) is 5.39. The van der Waals surface area contributed by atoms with Crippen molar-refractivity contribution in [3.63, 3.8) is 0 Å². The van der Waals surface area contributed by atoms with Crippen LogP contribution in [-0.2, 0) is 13.6 Å². The molecule has 3 atom stereocenters. The lowest BCUT2D eigenvalue weighted by atomic mass is 10.5. The summed E-state index contributed by atoms with van der Waals surface area (Å²) in [4.78, 5) is 1.25. The second kappa shape index (κ2) is 7.37. The van der Waals surface area contributed by atoms with E-state index in [0.29, 0.717) is 6.61 Å². The predicted molar refractivity (Wildman–Crippen MR) is 60.9 cm³/mol. The molecule has 0 radical (unpaired) electrons. The van der Waals surface area contributed by atoms with Crippen molar-refractivity contribution in [3.05, 3.63) is 0 Å². The van der Waals surface area contributed by atoms with Crippen LogP contribution in [0.4, 0.5) is 0 Å². The Labute approximate surface area is 96.7 Å². The van der Waals surface area contributed by atoms with Crippen LogP contribution < -0.4 is 0 Å². The molecule has 0 fully saturated rings. The molecule has 0 saturated carbocycles. The highest BCUT2D eigenvalue weighted by atomic mass is 31.2.